The lowest BCUT2D eigenvalue weighted by Gasteiger charge is -2.09. The van der Waals surface area contributed by atoms with Crippen LogP contribution in [0.25, 0.3) is 0 Å². The van der Waals surface area contributed by atoms with Crippen molar-refractivity contribution >= 4 is 11.8 Å². The topological polar surface area (TPSA) is 80.3 Å². The summed E-state index contributed by atoms with van der Waals surface area (Å²) >= 11 is 0. The van der Waals surface area contributed by atoms with Crippen LogP contribution in [0.1, 0.15) is 21.5 Å². The maximum absolute atomic E-state index is 13.0. The zero-order valence-corrected chi connectivity index (χ0v) is 15.8. The van der Waals surface area contributed by atoms with Crippen LogP contribution in [0.4, 0.5) is 4.39 Å². The first kappa shape index (κ1) is 20.0. The molecule has 0 radical (unpaired) electrons. The van der Waals surface area contributed by atoms with Crippen molar-refractivity contribution in [2.75, 3.05) is 6.54 Å². The highest BCUT2D eigenvalue weighted by atomic mass is 19.1. The molecule has 0 saturated carbocycles. The van der Waals surface area contributed by atoms with Gasteiger partial charge in [0.2, 0.25) is 11.8 Å². The second-order valence-corrected chi connectivity index (χ2v) is 6.33. The van der Waals surface area contributed by atoms with Gasteiger partial charge in [0.05, 0.1) is 6.54 Å². The summed E-state index contributed by atoms with van der Waals surface area (Å²) in [6, 6.07) is 16.2. The van der Waals surface area contributed by atoms with E-state index >= 15 is 0 Å². The Hall–Kier alpha value is -3.74. The van der Waals surface area contributed by atoms with Gasteiger partial charge in [-0.1, -0.05) is 18.2 Å². The molecule has 0 unspecified atom stereocenters. The zero-order valence-electron chi connectivity index (χ0n) is 15.8. The van der Waals surface area contributed by atoms with E-state index in [0.717, 1.165) is 11.1 Å². The summed E-state index contributed by atoms with van der Waals surface area (Å²) < 4.78 is 18.5. The highest BCUT2D eigenvalue weighted by molar-refractivity contribution is 5.97. The number of nitrogens with one attached hydrogen (secondary N) is 2. The van der Waals surface area contributed by atoms with E-state index < -0.39 is 0 Å². The Labute approximate surface area is 167 Å². The van der Waals surface area contributed by atoms with Crippen LogP contribution in [-0.4, -0.2) is 23.3 Å². The van der Waals surface area contributed by atoms with E-state index in [9.17, 15) is 14.0 Å². The van der Waals surface area contributed by atoms with E-state index in [1.165, 1.54) is 24.3 Å². The Morgan fingerprint density at radius 3 is 2.55 bits per heavy atom. The summed E-state index contributed by atoms with van der Waals surface area (Å²) in [7, 11) is 0. The highest BCUT2D eigenvalue weighted by Crippen LogP contribution is 2.20. The average molecular weight is 393 g/mol. The second-order valence-electron chi connectivity index (χ2n) is 6.33. The SMILES string of the molecule is Cc1ccccc1C(=O)NCC(=O)NCc1ccnc(Oc2ccc(F)cc2)c1. The maximum Gasteiger partial charge on any atom is 0.251 e. The Kier molecular flexibility index (Phi) is 6.52. The van der Waals surface area contributed by atoms with Crippen molar-refractivity contribution in [1.29, 1.82) is 0 Å². The predicted molar refractivity (Wildman–Crippen MR) is 106 cm³/mol. The summed E-state index contributed by atoms with van der Waals surface area (Å²) in [5, 5.41) is 5.34. The number of halogens is 1. The first-order chi connectivity index (χ1) is 14.0. The molecule has 29 heavy (non-hydrogen) atoms. The fourth-order valence-electron chi connectivity index (χ4n) is 2.59. The lowest BCUT2D eigenvalue weighted by atomic mass is 10.1. The van der Waals surface area contributed by atoms with Gasteiger partial charge in [0.1, 0.15) is 11.6 Å². The molecule has 0 aliphatic carbocycles. The zero-order chi connectivity index (χ0) is 20.6. The van der Waals surface area contributed by atoms with Crippen molar-refractivity contribution in [2.24, 2.45) is 0 Å². The van der Waals surface area contributed by atoms with E-state index in [4.69, 9.17) is 4.74 Å². The van der Waals surface area contributed by atoms with Crippen LogP contribution in [0.15, 0.2) is 66.9 Å². The molecule has 0 spiro atoms. The fraction of sp³-hybridized carbons (Fsp3) is 0.136. The van der Waals surface area contributed by atoms with Gasteiger partial charge in [-0.25, -0.2) is 9.37 Å². The molecule has 0 aliphatic heterocycles. The number of benzene rings is 2. The third kappa shape index (κ3) is 5.87. The Bertz CT molecular complexity index is 1010. The van der Waals surface area contributed by atoms with Crippen LogP contribution >= 0.6 is 0 Å². The predicted octanol–water partition coefficient (Wildman–Crippen LogP) is 3.37. The van der Waals surface area contributed by atoms with Gasteiger partial charge in [0.15, 0.2) is 0 Å². The van der Waals surface area contributed by atoms with Crippen LogP contribution in [0.3, 0.4) is 0 Å². The van der Waals surface area contributed by atoms with Gasteiger partial charge in [-0.15, -0.1) is 0 Å². The third-order valence-corrected chi connectivity index (χ3v) is 4.12. The highest BCUT2D eigenvalue weighted by Gasteiger charge is 2.10. The van der Waals surface area contributed by atoms with Crippen LogP contribution in [-0.2, 0) is 11.3 Å². The molecule has 1 aromatic heterocycles. The summed E-state index contributed by atoms with van der Waals surface area (Å²) in [6.07, 6.45) is 1.56. The summed E-state index contributed by atoms with van der Waals surface area (Å²) in [5.74, 6) is -0.173. The van der Waals surface area contributed by atoms with Crippen LogP contribution in [0.5, 0.6) is 11.6 Å². The van der Waals surface area contributed by atoms with Crippen LogP contribution in [0.2, 0.25) is 0 Å². The molecule has 0 saturated heterocycles. The molecule has 2 N–H and O–H groups in total. The number of aryl methyl sites for hydroxylation is 1. The van der Waals surface area contributed by atoms with Gasteiger partial charge in [-0.05, 0) is 54.4 Å². The summed E-state index contributed by atoms with van der Waals surface area (Å²) in [4.78, 5) is 28.3. The molecule has 0 fully saturated rings. The minimum absolute atomic E-state index is 0.128. The number of hydrogen-bond donors (Lipinski definition) is 2. The first-order valence-electron chi connectivity index (χ1n) is 9.00. The van der Waals surface area contributed by atoms with E-state index in [-0.39, 0.29) is 30.7 Å². The standard InChI is InChI=1S/C22H20FN3O3/c1-15-4-2-3-5-19(15)22(28)26-14-20(27)25-13-16-10-11-24-21(12-16)29-18-8-6-17(23)7-9-18/h2-12H,13-14H2,1H3,(H,25,27)(H,26,28). The van der Waals surface area contributed by atoms with Crippen molar-refractivity contribution in [3.05, 3.63) is 89.4 Å². The minimum atomic E-state index is -0.351. The van der Waals surface area contributed by atoms with Crippen molar-refractivity contribution in [1.82, 2.24) is 15.6 Å². The van der Waals surface area contributed by atoms with Gasteiger partial charge >= 0.3 is 0 Å². The Balaban J connectivity index is 1.49. The van der Waals surface area contributed by atoms with Gasteiger partial charge in [-0.3, -0.25) is 9.59 Å². The van der Waals surface area contributed by atoms with E-state index in [0.29, 0.717) is 17.2 Å². The third-order valence-electron chi connectivity index (χ3n) is 4.12. The quantitative estimate of drug-likeness (QED) is 0.645. The van der Waals surface area contributed by atoms with E-state index in [1.54, 1.807) is 30.5 Å². The molecule has 3 aromatic rings. The molecular formula is C22H20FN3O3. The second kappa shape index (κ2) is 9.45. The smallest absolute Gasteiger partial charge is 0.251 e. The Morgan fingerprint density at radius 2 is 1.79 bits per heavy atom. The number of carbonyl (C=O) groups excluding carboxylic acids is 2. The molecule has 0 atom stereocenters. The number of ether oxygens (including phenoxy) is 1. The normalized spacial score (nSPS) is 10.3. The lowest BCUT2D eigenvalue weighted by Crippen LogP contribution is -2.36. The molecular weight excluding hydrogens is 373 g/mol. The monoisotopic (exact) mass is 393 g/mol. The number of rotatable bonds is 7. The number of aromatic nitrogens is 1. The van der Waals surface area contributed by atoms with Gasteiger partial charge in [0.25, 0.3) is 5.91 Å². The molecule has 0 bridgehead atoms. The molecule has 2 aromatic carbocycles. The fourth-order valence-corrected chi connectivity index (χ4v) is 2.59. The lowest BCUT2D eigenvalue weighted by molar-refractivity contribution is -0.120. The Morgan fingerprint density at radius 1 is 1.03 bits per heavy atom. The molecule has 6 nitrogen and oxygen atoms in total. The molecule has 0 aliphatic rings. The molecule has 3 rings (SSSR count). The van der Waals surface area contributed by atoms with Crippen molar-refractivity contribution in [3.8, 4) is 11.6 Å². The van der Waals surface area contributed by atoms with Gasteiger partial charge < -0.3 is 15.4 Å². The largest absolute Gasteiger partial charge is 0.439 e. The summed E-state index contributed by atoms with van der Waals surface area (Å²) in [5.41, 5.74) is 2.16. The van der Waals surface area contributed by atoms with Gasteiger partial charge in [-0.2, -0.15) is 0 Å². The number of pyridine rings is 1. The molecule has 2 amide bonds. The number of nitrogens with zero attached hydrogens (tertiary/aromatic N) is 1. The first-order valence-corrected chi connectivity index (χ1v) is 9.00. The van der Waals surface area contributed by atoms with E-state index in [1.807, 2.05) is 19.1 Å². The van der Waals surface area contributed by atoms with Gasteiger partial charge in [0, 0.05) is 24.4 Å². The number of amides is 2. The van der Waals surface area contributed by atoms with Crippen molar-refractivity contribution < 1.29 is 18.7 Å². The van der Waals surface area contributed by atoms with Crippen LogP contribution < -0.4 is 15.4 Å². The average Bonchev–Trinajstić information content (AvgIpc) is 2.73. The minimum Gasteiger partial charge on any atom is -0.439 e. The van der Waals surface area contributed by atoms with E-state index in [2.05, 4.69) is 15.6 Å². The number of hydrogen-bond acceptors (Lipinski definition) is 4. The van der Waals surface area contributed by atoms with Crippen LogP contribution in [0, 0.1) is 12.7 Å². The summed E-state index contributed by atoms with van der Waals surface area (Å²) in [6.45, 7) is 1.96. The molecule has 148 valence electrons. The maximum atomic E-state index is 13.0. The molecule has 1 heterocycles. The van der Waals surface area contributed by atoms with Crippen molar-refractivity contribution in [2.45, 2.75) is 13.5 Å². The number of carbonyl (C=O) groups is 2. The molecule has 7 heteroatoms. The van der Waals surface area contributed by atoms with Crippen molar-refractivity contribution in [3.63, 3.8) is 0 Å².